The zero-order chi connectivity index (χ0) is 16.2. The summed E-state index contributed by atoms with van der Waals surface area (Å²) in [5, 5.41) is 14.0. The van der Waals surface area contributed by atoms with Crippen LogP contribution in [-0.4, -0.2) is 57.1 Å². The van der Waals surface area contributed by atoms with E-state index < -0.39 is 6.10 Å². The van der Waals surface area contributed by atoms with Crippen molar-refractivity contribution in [2.24, 2.45) is 0 Å². The molecule has 1 aromatic carbocycles. The van der Waals surface area contributed by atoms with E-state index in [1.165, 1.54) is 0 Å². The molecule has 1 aliphatic heterocycles. The SMILES string of the molecule is Cc1noc(CN2CCN(C(=O)C(O)c3ccccc3)CC2)n1. The summed E-state index contributed by atoms with van der Waals surface area (Å²) in [4.78, 5) is 20.4. The number of aliphatic hydroxyl groups is 1. The first-order valence-corrected chi connectivity index (χ1v) is 7.67. The van der Waals surface area contributed by atoms with Gasteiger partial charge >= 0.3 is 0 Å². The zero-order valence-electron chi connectivity index (χ0n) is 13.1. The molecule has 2 aromatic rings. The molecule has 0 saturated carbocycles. The maximum absolute atomic E-state index is 12.4. The van der Waals surface area contributed by atoms with E-state index in [0.29, 0.717) is 50.0 Å². The normalized spacial score (nSPS) is 17.2. The largest absolute Gasteiger partial charge is 0.378 e. The number of aryl methyl sites for hydroxylation is 1. The van der Waals surface area contributed by atoms with Crippen LogP contribution in [0.4, 0.5) is 0 Å². The standard InChI is InChI=1S/C16H20N4O3/c1-12-17-14(23-18-12)11-19-7-9-20(10-8-19)16(22)15(21)13-5-3-2-4-6-13/h2-6,15,21H,7-11H2,1H3. The molecule has 1 aromatic heterocycles. The molecule has 0 spiro atoms. The van der Waals surface area contributed by atoms with E-state index in [1.807, 2.05) is 18.2 Å². The number of rotatable bonds is 4. The first kappa shape index (κ1) is 15.6. The topological polar surface area (TPSA) is 82.7 Å². The average molecular weight is 316 g/mol. The molecular weight excluding hydrogens is 296 g/mol. The molecule has 7 heteroatoms. The number of amides is 1. The van der Waals surface area contributed by atoms with E-state index in [-0.39, 0.29) is 5.91 Å². The molecule has 3 rings (SSSR count). The van der Waals surface area contributed by atoms with E-state index in [2.05, 4.69) is 15.0 Å². The summed E-state index contributed by atoms with van der Waals surface area (Å²) in [5.74, 6) is 0.968. The van der Waals surface area contributed by atoms with Gasteiger partial charge in [-0.25, -0.2) is 0 Å². The summed E-state index contributed by atoms with van der Waals surface area (Å²) in [7, 11) is 0. The summed E-state index contributed by atoms with van der Waals surface area (Å²) >= 11 is 0. The van der Waals surface area contributed by atoms with Crippen LogP contribution in [0, 0.1) is 6.92 Å². The molecule has 1 atom stereocenters. The third kappa shape index (κ3) is 3.75. The second kappa shape index (κ2) is 6.89. The van der Waals surface area contributed by atoms with Gasteiger partial charge in [-0.15, -0.1) is 0 Å². The Kier molecular flexibility index (Phi) is 4.68. The van der Waals surface area contributed by atoms with Crippen LogP contribution in [0.25, 0.3) is 0 Å². The minimum atomic E-state index is -1.10. The van der Waals surface area contributed by atoms with Crippen molar-refractivity contribution in [3.05, 3.63) is 47.6 Å². The smallest absolute Gasteiger partial charge is 0.256 e. The Labute approximate surface area is 134 Å². The van der Waals surface area contributed by atoms with Crippen LogP contribution in [0.5, 0.6) is 0 Å². The number of hydrogen-bond acceptors (Lipinski definition) is 6. The maximum Gasteiger partial charge on any atom is 0.256 e. The minimum absolute atomic E-state index is 0.246. The molecule has 1 amide bonds. The monoisotopic (exact) mass is 316 g/mol. The van der Waals surface area contributed by atoms with Crippen molar-refractivity contribution in [1.82, 2.24) is 19.9 Å². The van der Waals surface area contributed by atoms with Gasteiger partial charge in [0, 0.05) is 26.2 Å². The van der Waals surface area contributed by atoms with Gasteiger partial charge in [0.05, 0.1) is 6.54 Å². The van der Waals surface area contributed by atoms with Crippen molar-refractivity contribution in [1.29, 1.82) is 0 Å². The van der Waals surface area contributed by atoms with Gasteiger partial charge in [-0.3, -0.25) is 9.69 Å². The van der Waals surface area contributed by atoms with Crippen LogP contribution in [0.3, 0.4) is 0 Å². The summed E-state index contributed by atoms with van der Waals surface area (Å²) < 4.78 is 5.11. The Balaban J connectivity index is 1.53. The highest BCUT2D eigenvalue weighted by Gasteiger charge is 2.27. The molecule has 122 valence electrons. The van der Waals surface area contributed by atoms with Crippen LogP contribution >= 0.6 is 0 Å². The van der Waals surface area contributed by atoms with Gasteiger partial charge in [0.15, 0.2) is 11.9 Å². The van der Waals surface area contributed by atoms with Crippen molar-refractivity contribution < 1.29 is 14.4 Å². The Morgan fingerprint density at radius 3 is 2.57 bits per heavy atom. The molecule has 1 unspecified atom stereocenters. The first-order chi connectivity index (χ1) is 11.1. The highest BCUT2D eigenvalue weighted by Crippen LogP contribution is 2.17. The van der Waals surface area contributed by atoms with Crippen LogP contribution < -0.4 is 0 Å². The fourth-order valence-electron chi connectivity index (χ4n) is 2.67. The van der Waals surface area contributed by atoms with Crippen LogP contribution in [-0.2, 0) is 11.3 Å². The van der Waals surface area contributed by atoms with E-state index >= 15 is 0 Å². The summed E-state index contributed by atoms with van der Waals surface area (Å²) in [5.41, 5.74) is 0.626. The highest BCUT2D eigenvalue weighted by molar-refractivity contribution is 5.82. The molecule has 1 aliphatic rings. The highest BCUT2D eigenvalue weighted by atomic mass is 16.5. The predicted molar refractivity (Wildman–Crippen MR) is 82.3 cm³/mol. The molecular formula is C16H20N4O3. The number of nitrogens with zero attached hydrogens (tertiary/aromatic N) is 4. The predicted octanol–water partition coefficient (Wildman–Crippen LogP) is 0.756. The average Bonchev–Trinajstić information content (AvgIpc) is 3.00. The van der Waals surface area contributed by atoms with E-state index in [1.54, 1.807) is 24.0 Å². The molecule has 7 nitrogen and oxygen atoms in total. The number of hydrogen-bond donors (Lipinski definition) is 1. The molecule has 0 radical (unpaired) electrons. The number of carbonyl (C=O) groups excluding carboxylic acids is 1. The molecule has 0 aliphatic carbocycles. The number of benzene rings is 1. The molecule has 1 saturated heterocycles. The lowest BCUT2D eigenvalue weighted by Gasteiger charge is -2.35. The number of carbonyl (C=O) groups is 1. The summed E-state index contributed by atoms with van der Waals surface area (Å²) in [6.45, 7) is 4.97. The summed E-state index contributed by atoms with van der Waals surface area (Å²) in [6, 6.07) is 9.01. The van der Waals surface area contributed by atoms with Crippen molar-refractivity contribution in [3.8, 4) is 0 Å². The Hall–Kier alpha value is -2.25. The van der Waals surface area contributed by atoms with Crippen LogP contribution in [0.2, 0.25) is 0 Å². The Morgan fingerprint density at radius 2 is 1.96 bits per heavy atom. The van der Waals surface area contributed by atoms with E-state index in [4.69, 9.17) is 4.52 Å². The van der Waals surface area contributed by atoms with Crippen molar-refractivity contribution >= 4 is 5.91 Å². The lowest BCUT2D eigenvalue weighted by atomic mass is 10.1. The van der Waals surface area contributed by atoms with Gasteiger partial charge in [0.25, 0.3) is 5.91 Å². The maximum atomic E-state index is 12.4. The molecule has 1 fully saturated rings. The van der Waals surface area contributed by atoms with Crippen molar-refractivity contribution in [3.63, 3.8) is 0 Å². The second-order valence-electron chi connectivity index (χ2n) is 5.65. The lowest BCUT2D eigenvalue weighted by molar-refractivity contribution is -0.142. The summed E-state index contributed by atoms with van der Waals surface area (Å²) in [6.07, 6.45) is -1.10. The van der Waals surface area contributed by atoms with Gasteiger partial charge in [-0.05, 0) is 12.5 Å². The Bertz CT molecular complexity index is 650. The van der Waals surface area contributed by atoms with Crippen LogP contribution in [0.15, 0.2) is 34.9 Å². The zero-order valence-corrected chi connectivity index (χ0v) is 13.1. The van der Waals surface area contributed by atoms with Gasteiger partial charge in [-0.2, -0.15) is 4.98 Å². The quantitative estimate of drug-likeness (QED) is 0.896. The fraction of sp³-hybridized carbons (Fsp3) is 0.438. The number of aromatic nitrogens is 2. The number of aliphatic hydroxyl groups excluding tert-OH is 1. The molecule has 2 heterocycles. The minimum Gasteiger partial charge on any atom is -0.378 e. The molecule has 0 bridgehead atoms. The van der Waals surface area contributed by atoms with Crippen LogP contribution in [0.1, 0.15) is 23.4 Å². The first-order valence-electron chi connectivity index (χ1n) is 7.67. The lowest BCUT2D eigenvalue weighted by Crippen LogP contribution is -2.49. The third-order valence-corrected chi connectivity index (χ3v) is 3.96. The number of piperazine rings is 1. The Morgan fingerprint density at radius 1 is 1.26 bits per heavy atom. The third-order valence-electron chi connectivity index (χ3n) is 3.96. The van der Waals surface area contributed by atoms with Gasteiger partial charge in [0.2, 0.25) is 5.89 Å². The van der Waals surface area contributed by atoms with Gasteiger partial charge in [0.1, 0.15) is 0 Å². The molecule has 23 heavy (non-hydrogen) atoms. The fourth-order valence-corrected chi connectivity index (χ4v) is 2.67. The van der Waals surface area contributed by atoms with Crippen molar-refractivity contribution in [2.75, 3.05) is 26.2 Å². The van der Waals surface area contributed by atoms with E-state index in [0.717, 1.165) is 0 Å². The van der Waals surface area contributed by atoms with E-state index in [9.17, 15) is 9.90 Å². The van der Waals surface area contributed by atoms with Gasteiger partial charge < -0.3 is 14.5 Å². The van der Waals surface area contributed by atoms with Crippen molar-refractivity contribution in [2.45, 2.75) is 19.6 Å². The second-order valence-corrected chi connectivity index (χ2v) is 5.65. The molecule has 1 N–H and O–H groups in total. The van der Waals surface area contributed by atoms with Gasteiger partial charge in [-0.1, -0.05) is 35.5 Å².